The highest BCUT2D eigenvalue weighted by Crippen LogP contribution is 2.20. The minimum Gasteiger partial charge on any atom is -0.469 e. The van der Waals surface area contributed by atoms with Gasteiger partial charge in [0.15, 0.2) is 0 Å². The summed E-state index contributed by atoms with van der Waals surface area (Å²) in [7, 11) is 1.38. The highest BCUT2D eigenvalue weighted by atomic mass is 16.5. The third-order valence-corrected chi connectivity index (χ3v) is 3.13. The molecule has 1 atom stereocenters. The van der Waals surface area contributed by atoms with Crippen LogP contribution in [0.3, 0.4) is 0 Å². The van der Waals surface area contributed by atoms with Crippen molar-refractivity contribution in [1.29, 1.82) is 0 Å². The van der Waals surface area contributed by atoms with Crippen molar-refractivity contribution in [2.45, 2.75) is 19.4 Å². The van der Waals surface area contributed by atoms with Gasteiger partial charge >= 0.3 is 5.97 Å². The normalized spacial score (nSPS) is 19.7. The zero-order valence-corrected chi connectivity index (χ0v) is 10.3. The fourth-order valence-corrected chi connectivity index (χ4v) is 2.14. The lowest BCUT2D eigenvalue weighted by Gasteiger charge is -2.31. The van der Waals surface area contributed by atoms with Crippen molar-refractivity contribution in [1.82, 2.24) is 9.88 Å². The van der Waals surface area contributed by atoms with Crippen LogP contribution in [0.5, 0.6) is 0 Å². The molecule has 0 unspecified atom stereocenters. The molecule has 5 nitrogen and oxygen atoms in total. The van der Waals surface area contributed by atoms with Gasteiger partial charge in [0.25, 0.3) is 0 Å². The van der Waals surface area contributed by atoms with Crippen molar-refractivity contribution < 1.29 is 14.3 Å². The van der Waals surface area contributed by atoms with Crippen LogP contribution in [0.4, 0.5) is 0 Å². The molecule has 1 aromatic rings. The first kappa shape index (κ1) is 12.5. The van der Waals surface area contributed by atoms with Gasteiger partial charge in [-0.1, -0.05) is 6.07 Å². The number of aromatic nitrogens is 1. The van der Waals surface area contributed by atoms with E-state index in [2.05, 4.69) is 4.98 Å². The first-order valence-corrected chi connectivity index (χ1v) is 5.95. The van der Waals surface area contributed by atoms with Crippen molar-refractivity contribution in [3.8, 4) is 0 Å². The van der Waals surface area contributed by atoms with Crippen LogP contribution < -0.4 is 0 Å². The number of rotatable bonds is 3. The number of nitrogens with zero attached hydrogens (tertiary/aromatic N) is 2. The van der Waals surface area contributed by atoms with E-state index in [1.54, 1.807) is 17.3 Å². The Morgan fingerprint density at radius 1 is 1.61 bits per heavy atom. The number of carbonyl (C=O) groups excluding carboxylic acids is 2. The third-order valence-electron chi connectivity index (χ3n) is 3.13. The molecular formula is C13H16N2O3. The fourth-order valence-electron chi connectivity index (χ4n) is 2.14. The number of piperidine rings is 1. The van der Waals surface area contributed by atoms with Crippen LogP contribution >= 0.6 is 0 Å². The van der Waals surface area contributed by atoms with Crippen LogP contribution in [0.1, 0.15) is 18.4 Å². The van der Waals surface area contributed by atoms with Crippen molar-refractivity contribution in [3.63, 3.8) is 0 Å². The van der Waals surface area contributed by atoms with E-state index >= 15 is 0 Å². The Morgan fingerprint density at radius 3 is 3.11 bits per heavy atom. The number of carbonyl (C=O) groups is 2. The van der Waals surface area contributed by atoms with Crippen molar-refractivity contribution in [2.75, 3.05) is 13.7 Å². The molecule has 0 aliphatic carbocycles. The highest BCUT2D eigenvalue weighted by molar-refractivity contribution is 5.81. The van der Waals surface area contributed by atoms with E-state index < -0.39 is 0 Å². The van der Waals surface area contributed by atoms with Crippen LogP contribution in [0.15, 0.2) is 24.5 Å². The quantitative estimate of drug-likeness (QED) is 0.748. The molecule has 18 heavy (non-hydrogen) atoms. The van der Waals surface area contributed by atoms with Crippen molar-refractivity contribution >= 4 is 11.9 Å². The lowest BCUT2D eigenvalue weighted by atomic mass is 9.97. The molecule has 1 saturated heterocycles. The monoisotopic (exact) mass is 248 g/mol. The molecule has 1 aliphatic heterocycles. The second-order valence-electron chi connectivity index (χ2n) is 4.39. The van der Waals surface area contributed by atoms with E-state index in [9.17, 15) is 9.59 Å². The van der Waals surface area contributed by atoms with Gasteiger partial charge in [-0.2, -0.15) is 0 Å². The minimum absolute atomic E-state index is 0.0824. The summed E-state index contributed by atoms with van der Waals surface area (Å²) in [5.41, 5.74) is 0.969. The smallest absolute Gasteiger partial charge is 0.310 e. The summed E-state index contributed by atoms with van der Waals surface area (Å²) in [6.45, 7) is 0.931. The SMILES string of the molecule is COC(=O)[C@@H]1CCC(=O)N(Cc2cccnc2)C1. The number of methoxy groups -OCH3 is 1. The summed E-state index contributed by atoms with van der Waals surface area (Å²) in [5, 5.41) is 0. The van der Waals surface area contributed by atoms with E-state index in [4.69, 9.17) is 4.74 Å². The average Bonchev–Trinajstić information content (AvgIpc) is 2.41. The van der Waals surface area contributed by atoms with Crippen LogP contribution in [0.2, 0.25) is 0 Å². The van der Waals surface area contributed by atoms with E-state index in [-0.39, 0.29) is 17.8 Å². The zero-order chi connectivity index (χ0) is 13.0. The summed E-state index contributed by atoms with van der Waals surface area (Å²) in [6, 6.07) is 3.75. The lowest BCUT2D eigenvalue weighted by molar-refractivity contribution is -0.150. The molecule has 0 bridgehead atoms. The van der Waals surface area contributed by atoms with Gasteiger partial charge in [0.2, 0.25) is 5.91 Å². The standard InChI is InChI=1S/C13H16N2O3/c1-18-13(17)11-4-5-12(16)15(9-11)8-10-3-2-6-14-7-10/h2-3,6-7,11H,4-5,8-9H2,1H3/t11-/m1/s1. The fraction of sp³-hybridized carbons (Fsp3) is 0.462. The van der Waals surface area contributed by atoms with E-state index in [0.717, 1.165) is 5.56 Å². The Labute approximate surface area is 106 Å². The van der Waals surface area contributed by atoms with Crippen LogP contribution in [-0.4, -0.2) is 35.4 Å². The number of hydrogen-bond donors (Lipinski definition) is 0. The number of esters is 1. The Bertz CT molecular complexity index is 433. The molecule has 1 amide bonds. The van der Waals surface area contributed by atoms with E-state index in [1.165, 1.54) is 7.11 Å². The maximum absolute atomic E-state index is 11.8. The van der Waals surface area contributed by atoms with Gasteiger partial charge in [-0.3, -0.25) is 14.6 Å². The second-order valence-corrected chi connectivity index (χ2v) is 4.39. The van der Waals surface area contributed by atoms with Gasteiger partial charge in [-0.05, 0) is 18.1 Å². The highest BCUT2D eigenvalue weighted by Gasteiger charge is 2.30. The molecule has 0 aromatic carbocycles. The summed E-state index contributed by atoms with van der Waals surface area (Å²) in [4.78, 5) is 29.0. The predicted molar refractivity (Wildman–Crippen MR) is 64.4 cm³/mol. The third kappa shape index (κ3) is 2.85. The van der Waals surface area contributed by atoms with Gasteiger partial charge < -0.3 is 9.64 Å². The molecule has 1 fully saturated rings. The van der Waals surface area contributed by atoms with Crippen molar-refractivity contribution in [3.05, 3.63) is 30.1 Å². The molecule has 0 radical (unpaired) electrons. The van der Waals surface area contributed by atoms with E-state index in [0.29, 0.717) is 25.9 Å². The molecule has 0 saturated carbocycles. The number of hydrogen-bond acceptors (Lipinski definition) is 4. The predicted octanol–water partition coefficient (Wildman–Crippen LogP) is 0.993. The number of amides is 1. The van der Waals surface area contributed by atoms with Gasteiger partial charge in [0.1, 0.15) is 0 Å². The Hall–Kier alpha value is -1.91. The molecular weight excluding hydrogens is 232 g/mol. The molecule has 5 heteroatoms. The minimum atomic E-state index is -0.237. The molecule has 2 rings (SSSR count). The molecule has 96 valence electrons. The molecule has 0 N–H and O–H groups in total. The van der Waals surface area contributed by atoms with Gasteiger partial charge in [0, 0.05) is 31.9 Å². The summed E-state index contributed by atoms with van der Waals surface area (Å²) in [5.74, 6) is -0.359. The molecule has 0 spiro atoms. The number of likely N-dealkylation sites (tertiary alicyclic amines) is 1. The average molecular weight is 248 g/mol. The summed E-state index contributed by atoms with van der Waals surface area (Å²) in [6.07, 6.45) is 4.41. The summed E-state index contributed by atoms with van der Waals surface area (Å²) < 4.78 is 4.73. The topological polar surface area (TPSA) is 59.5 Å². The van der Waals surface area contributed by atoms with E-state index in [1.807, 2.05) is 12.1 Å². The lowest BCUT2D eigenvalue weighted by Crippen LogP contribution is -2.42. The largest absolute Gasteiger partial charge is 0.469 e. The Morgan fingerprint density at radius 2 is 2.44 bits per heavy atom. The Kier molecular flexibility index (Phi) is 3.92. The number of pyridine rings is 1. The van der Waals surface area contributed by atoms with Crippen LogP contribution in [0.25, 0.3) is 0 Å². The maximum Gasteiger partial charge on any atom is 0.310 e. The number of ether oxygens (including phenoxy) is 1. The van der Waals surface area contributed by atoms with Crippen LogP contribution in [-0.2, 0) is 20.9 Å². The zero-order valence-electron chi connectivity index (χ0n) is 10.3. The van der Waals surface area contributed by atoms with Gasteiger partial charge in [-0.25, -0.2) is 0 Å². The summed E-state index contributed by atoms with van der Waals surface area (Å²) >= 11 is 0. The molecule has 2 heterocycles. The Balaban J connectivity index is 2.02. The van der Waals surface area contributed by atoms with Crippen LogP contribution in [0, 0.1) is 5.92 Å². The maximum atomic E-state index is 11.8. The second kappa shape index (κ2) is 5.62. The molecule has 1 aliphatic rings. The first-order chi connectivity index (χ1) is 8.70. The first-order valence-electron chi connectivity index (χ1n) is 5.95. The van der Waals surface area contributed by atoms with Gasteiger partial charge in [0.05, 0.1) is 13.0 Å². The van der Waals surface area contributed by atoms with Crippen molar-refractivity contribution in [2.24, 2.45) is 5.92 Å². The van der Waals surface area contributed by atoms with Gasteiger partial charge in [-0.15, -0.1) is 0 Å². The molecule has 1 aromatic heterocycles.